The van der Waals surface area contributed by atoms with Gasteiger partial charge in [-0.2, -0.15) is 0 Å². The lowest BCUT2D eigenvalue weighted by Crippen LogP contribution is -2.48. The largest absolute Gasteiger partial charge is 0.461 e. The van der Waals surface area contributed by atoms with Crippen molar-refractivity contribution in [2.75, 3.05) is 6.61 Å². The number of Topliss-reactive ketones (excluding diaryl/α,β-unsaturated/α-hetero) is 1. The van der Waals surface area contributed by atoms with Crippen LogP contribution >= 0.6 is 0 Å². The molecule has 1 saturated carbocycles. The van der Waals surface area contributed by atoms with Gasteiger partial charge in [0, 0.05) is 23.2 Å². The number of H-pyrrole nitrogens is 1. The molecule has 0 spiro atoms. The molecule has 1 heterocycles. The molecule has 1 fully saturated rings. The Morgan fingerprint density at radius 3 is 2.35 bits per heavy atom. The fourth-order valence-corrected chi connectivity index (χ4v) is 4.48. The Balaban J connectivity index is 1.82. The summed E-state index contributed by atoms with van der Waals surface area (Å²) in [6.45, 7) is 11.1. The second-order valence-electron chi connectivity index (χ2n) is 8.58. The zero-order valence-corrected chi connectivity index (χ0v) is 19.2. The predicted molar refractivity (Wildman–Crippen MR) is 119 cm³/mol. The molecule has 1 aliphatic carbocycles. The lowest BCUT2D eigenvalue weighted by Gasteiger charge is -2.32. The smallest absolute Gasteiger partial charge is 0.355 e. The van der Waals surface area contributed by atoms with Crippen LogP contribution in [0.3, 0.4) is 0 Å². The summed E-state index contributed by atoms with van der Waals surface area (Å²) >= 11 is 0. The number of rotatable bonds is 8. The Morgan fingerprint density at radius 1 is 1.13 bits per heavy atom. The normalized spacial score (nSPS) is 18.5. The first-order valence-corrected chi connectivity index (χ1v) is 11.0. The van der Waals surface area contributed by atoms with Crippen LogP contribution in [0.2, 0.25) is 0 Å². The maximum atomic E-state index is 13.5. The van der Waals surface area contributed by atoms with Gasteiger partial charge in [-0.05, 0) is 65.0 Å². The molecule has 0 unspecified atom stereocenters. The summed E-state index contributed by atoms with van der Waals surface area (Å²) in [6.07, 6.45) is 0.808. The Labute approximate surface area is 184 Å². The van der Waals surface area contributed by atoms with Gasteiger partial charge in [-0.3, -0.25) is 9.59 Å². The van der Waals surface area contributed by atoms with Gasteiger partial charge >= 0.3 is 5.97 Å². The number of esters is 1. The van der Waals surface area contributed by atoms with E-state index in [-0.39, 0.29) is 36.2 Å². The molecule has 3 rings (SSSR count). The van der Waals surface area contributed by atoms with Gasteiger partial charge < -0.3 is 14.6 Å². The Kier molecular flexibility index (Phi) is 6.68. The Hall–Kier alpha value is -2.89. The molecular formula is C25H32N2O4. The number of ether oxygens (including phenoxy) is 1. The standard InChI is InChI=1S/C25H32N2O4/c1-7-31-25(30)22-15(4)21(16(5)26-22)23(28)17(6)27(14(2)3)24(29)20-13-19(20)18-11-9-8-10-12-18/h8-12,14,17,19-20,26H,7,13H2,1-6H3/t17-,19+,20+/m1/s1. The van der Waals surface area contributed by atoms with Crippen LogP contribution in [-0.2, 0) is 9.53 Å². The summed E-state index contributed by atoms with van der Waals surface area (Å²) in [5.74, 6) is -0.510. The average molecular weight is 425 g/mol. The van der Waals surface area contributed by atoms with Crippen molar-refractivity contribution in [3.05, 3.63) is 58.4 Å². The highest BCUT2D eigenvalue weighted by Crippen LogP contribution is 2.48. The van der Waals surface area contributed by atoms with Gasteiger partial charge in [-0.25, -0.2) is 4.79 Å². The lowest BCUT2D eigenvalue weighted by atomic mass is 9.98. The van der Waals surface area contributed by atoms with E-state index in [0.717, 1.165) is 6.42 Å². The van der Waals surface area contributed by atoms with E-state index in [1.165, 1.54) is 5.56 Å². The van der Waals surface area contributed by atoms with Gasteiger partial charge in [0.05, 0.1) is 12.6 Å². The Bertz CT molecular complexity index is 977. The number of ketones is 1. The van der Waals surface area contributed by atoms with Crippen molar-refractivity contribution in [2.45, 2.75) is 66.0 Å². The summed E-state index contributed by atoms with van der Waals surface area (Å²) < 4.78 is 5.09. The van der Waals surface area contributed by atoms with Crippen LogP contribution in [0, 0.1) is 19.8 Å². The minimum absolute atomic E-state index is 0.0150. The molecule has 0 bridgehead atoms. The molecule has 1 amide bonds. The molecule has 1 aromatic carbocycles. The first-order chi connectivity index (χ1) is 14.7. The number of aromatic amines is 1. The highest BCUT2D eigenvalue weighted by atomic mass is 16.5. The second-order valence-corrected chi connectivity index (χ2v) is 8.58. The summed E-state index contributed by atoms with van der Waals surface area (Å²) in [6, 6.07) is 9.29. The fraction of sp³-hybridized carbons (Fsp3) is 0.480. The molecule has 31 heavy (non-hydrogen) atoms. The fourth-order valence-electron chi connectivity index (χ4n) is 4.48. The zero-order chi connectivity index (χ0) is 22.9. The zero-order valence-electron chi connectivity index (χ0n) is 19.2. The summed E-state index contributed by atoms with van der Waals surface area (Å²) in [5.41, 5.74) is 3.10. The Morgan fingerprint density at radius 2 is 1.77 bits per heavy atom. The van der Waals surface area contributed by atoms with Gasteiger partial charge in [0.25, 0.3) is 0 Å². The van der Waals surface area contributed by atoms with Gasteiger partial charge in [0.1, 0.15) is 5.69 Å². The second kappa shape index (κ2) is 9.08. The molecule has 6 heteroatoms. The third kappa shape index (κ3) is 4.43. The van der Waals surface area contributed by atoms with Gasteiger partial charge in [0.15, 0.2) is 5.78 Å². The van der Waals surface area contributed by atoms with Crippen LogP contribution in [0.25, 0.3) is 0 Å². The highest BCUT2D eigenvalue weighted by molar-refractivity contribution is 6.06. The maximum Gasteiger partial charge on any atom is 0.355 e. The lowest BCUT2D eigenvalue weighted by molar-refractivity contribution is -0.135. The molecular weight excluding hydrogens is 392 g/mol. The number of nitrogens with zero attached hydrogens (tertiary/aromatic N) is 1. The minimum Gasteiger partial charge on any atom is -0.461 e. The average Bonchev–Trinajstić information content (AvgIpc) is 3.47. The van der Waals surface area contributed by atoms with Crippen LogP contribution in [0.5, 0.6) is 0 Å². The molecule has 1 aromatic heterocycles. The van der Waals surface area contributed by atoms with Crippen molar-refractivity contribution in [3.63, 3.8) is 0 Å². The monoisotopic (exact) mass is 424 g/mol. The number of nitrogens with one attached hydrogen (secondary N) is 1. The number of aromatic nitrogens is 1. The first kappa shape index (κ1) is 22.8. The van der Waals surface area contributed by atoms with Crippen molar-refractivity contribution < 1.29 is 19.1 Å². The number of amides is 1. The van der Waals surface area contributed by atoms with Crippen molar-refractivity contribution in [3.8, 4) is 0 Å². The van der Waals surface area contributed by atoms with E-state index in [2.05, 4.69) is 17.1 Å². The molecule has 2 aromatic rings. The van der Waals surface area contributed by atoms with E-state index in [1.54, 1.807) is 32.6 Å². The molecule has 0 aliphatic heterocycles. The van der Waals surface area contributed by atoms with Crippen LogP contribution < -0.4 is 0 Å². The first-order valence-electron chi connectivity index (χ1n) is 11.0. The number of aryl methyl sites for hydroxylation is 1. The van der Waals surface area contributed by atoms with Crippen molar-refractivity contribution in [1.29, 1.82) is 0 Å². The summed E-state index contributed by atoms with van der Waals surface area (Å²) in [5, 5.41) is 0. The van der Waals surface area contributed by atoms with Crippen molar-refractivity contribution in [2.24, 2.45) is 5.92 Å². The number of benzene rings is 1. The van der Waals surface area contributed by atoms with E-state index in [9.17, 15) is 14.4 Å². The third-order valence-corrected chi connectivity index (χ3v) is 6.11. The number of hydrogen-bond acceptors (Lipinski definition) is 4. The number of carbonyl (C=O) groups is 3. The SMILES string of the molecule is CCOC(=O)c1[nH]c(C)c(C(=O)[C@@H](C)N(C(=O)[C@H]2C[C@H]2c2ccccc2)C(C)C)c1C. The molecule has 0 saturated heterocycles. The van der Waals surface area contributed by atoms with Crippen molar-refractivity contribution in [1.82, 2.24) is 9.88 Å². The van der Waals surface area contributed by atoms with Crippen LogP contribution in [-0.4, -0.2) is 46.2 Å². The van der Waals surface area contributed by atoms with Gasteiger partial charge in [-0.1, -0.05) is 30.3 Å². The molecule has 1 N–H and O–H groups in total. The topological polar surface area (TPSA) is 79.5 Å². The predicted octanol–water partition coefficient (Wildman–Crippen LogP) is 4.42. The van der Waals surface area contributed by atoms with E-state index in [1.807, 2.05) is 32.0 Å². The summed E-state index contributed by atoms with van der Waals surface area (Å²) in [4.78, 5) is 43.7. The molecule has 0 radical (unpaired) electrons. The third-order valence-electron chi connectivity index (χ3n) is 6.11. The van der Waals surface area contributed by atoms with Gasteiger partial charge in [-0.15, -0.1) is 0 Å². The van der Waals surface area contributed by atoms with E-state index < -0.39 is 12.0 Å². The van der Waals surface area contributed by atoms with Crippen LogP contribution in [0.15, 0.2) is 30.3 Å². The quantitative estimate of drug-likeness (QED) is 0.502. The highest BCUT2D eigenvalue weighted by Gasteiger charge is 2.47. The molecule has 3 atom stereocenters. The van der Waals surface area contributed by atoms with Crippen LogP contribution in [0.1, 0.15) is 77.7 Å². The van der Waals surface area contributed by atoms with E-state index in [0.29, 0.717) is 22.5 Å². The van der Waals surface area contributed by atoms with Crippen molar-refractivity contribution >= 4 is 17.7 Å². The minimum atomic E-state index is -0.632. The van der Waals surface area contributed by atoms with Crippen LogP contribution in [0.4, 0.5) is 0 Å². The molecule has 6 nitrogen and oxygen atoms in total. The number of hydrogen-bond donors (Lipinski definition) is 1. The van der Waals surface area contributed by atoms with E-state index >= 15 is 0 Å². The maximum absolute atomic E-state index is 13.5. The van der Waals surface area contributed by atoms with E-state index in [4.69, 9.17) is 4.74 Å². The molecule has 1 aliphatic rings. The van der Waals surface area contributed by atoms with Gasteiger partial charge in [0.2, 0.25) is 5.91 Å². The summed E-state index contributed by atoms with van der Waals surface area (Å²) in [7, 11) is 0. The molecule has 166 valence electrons. The number of carbonyl (C=O) groups excluding carboxylic acids is 3.